The molecule has 2 rings (SSSR count). The summed E-state index contributed by atoms with van der Waals surface area (Å²) in [5, 5.41) is 19.3. The van der Waals surface area contributed by atoms with Gasteiger partial charge in [0.05, 0.1) is 11.3 Å². The van der Waals surface area contributed by atoms with Gasteiger partial charge in [-0.2, -0.15) is 0 Å². The van der Waals surface area contributed by atoms with E-state index in [9.17, 15) is 19.7 Å². The number of carboxylic acids is 1. The van der Waals surface area contributed by atoms with Gasteiger partial charge in [-0.1, -0.05) is 12.1 Å². The standard InChI is InChI=1S/C17H16N2O6/c1-18(14-6-2-12(3-7-14)10-16(20)21)17(22)25-11-13-4-8-15(9-5-13)19(23)24/h2-9H,10-11H2,1H3,(H,20,21). The van der Waals surface area contributed by atoms with E-state index in [2.05, 4.69) is 0 Å². The van der Waals surface area contributed by atoms with E-state index in [0.717, 1.165) is 0 Å². The summed E-state index contributed by atoms with van der Waals surface area (Å²) in [6.45, 7) is -0.0156. The van der Waals surface area contributed by atoms with Gasteiger partial charge < -0.3 is 9.84 Å². The monoisotopic (exact) mass is 344 g/mol. The highest BCUT2D eigenvalue weighted by atomic mass is 16.6. The van der Waals surface area contributed by atoms with Crippen LogP contribution < -0.4 is 4.90 Å². The van der Waals surface area contributed by atoms with Crippen LogP contribution >= 0.6 is 0 Å². The number of amides is 1. The molecule has 0 fully saturated rings. The molecule has 0 aliphatic rings. The minimum Gasteiger partial charge on any atom is -0.481 e. The summed E-state index contributed by atoms with van der Waals surface area (Å²) in [6, 6.07) is 12.2. The predicted molar refractivity (Wildman–Crippen MR) is 89.5 cm³/mol. The van der Waals surface area contributed by atoms with Crippen LogP contribution in [-0.4, -0.2) is 29.1 Å². The molecule has 2 aromatic carbocycles. The topological polar surface area (TPSA) is 110 Å². The number of rotatable bonds is 6. The highest BCUT2D eigenvalue weighted by Crippen LogP contribution is 2.17. The zero-order chi connectivity index (χ0) is 18.4. The van der Waals surface area contributed by atoms with Gasteiger partial charge in [0.25, 0.3) is 5.69 Å². The summed E-state index contributed by atoms with van der Waals surface area (Å²) >= 11 is 0. The molecule has 0 radical (unpaired) electrons. The number of carboxylic acid groups (broad SMARTS) is 1. The molecule has 0 saturated heterocycles. The van der Waals surface area contributed by atoms with E-state index in [-0.39, 0.29) is 18.7 Å². The largest absolute Gasteiger partial charge is 0.481 e. The van der Waals surface area contributed by atoms with Gasteiger partial charge in [-0.05, 0) is 35.4 Å². The molecular weight excluding hydrogens is 328 g/mol. The van der Waals surface area contributed by atoms with Gasteiger partial charge >= 0.3 is 12.1 Å². The number of benzene rings is 2. The number of aliphatic carboxylic acids is 1. The molecule has 8 heteroatoms. The fraction of sp³-hybridized carbons (Fsp3) is 0.176. The molecule has 0 aliphatic carbocycles. The third kappa shape index (κ3) is 5.03. The van der Waals surface area contributed by atoms with Crippen LogP contribution in [0.3, 0.4) is 0 Å². The molecule has 0 saturated carbocycles. The van der Waals surface area contributed by atoms with E-state index < -0.39 is 17.0 Å². The van der Waals surface area contributed by atoms with Crippen molar-refractivity contribution in [3.63, 3.8) is 0 Å². The maximum absolute atomic E-state index is 12.1. The third-order valence-corrected chi connectivity index (χ3v) is 3.46. The number of carbonyl (C=O) groups is 2. The number of carbonyl (C=O) groups excluding carboxylic acids is 1. The number of hydrogen-bond donors (Lipinski definition) is 1. The Morgan fingerprint density at radius 2 is 1.64 bits per heavy atom. The molecule has 0 unspecified atom stereocenters. The smallest absolute Gasteiger partial charge is 0.414 e. The van der Waals surface area contributed by atoms with Crippen molar-refractivity contribution < 1.29 is 24.4 Å². The number of nitrogens with zero attached hydrogens (tertiary/aromatic N) is 2. The number of ether oxygens (including phenoxy) is 1. The van der Waals surface area contributed by atoms with Crippen molar-refractivity contribution in [1.29, 1.82) is 0 Å². The van der Waals surface area contributed by atoms with Gasteiger partial charge in [-0.25, -0.2) is 4.79 Å². The molecule has 0 bridgehead atoms. The SMILES string of the molecule is CN(C(=O)OCc1ccc([N+](=O)[O-])cc1)c1ccc(CC(=O)O)cc1. The quantitative estimate of drug-likeness (QED) is 0.637. The van der Waals surface area contributed by atoms with Crippen molar-refractivity contribution in [3.05, 3.63) is 69.8 Å². The van der Waals surface area contributed by atoms with Gasteiger partial charge in [0.15, 0.2) is 0 Å². The Morgan fingerprint density at radius 1 is 1.08 bits per heavy atom. The Labute approximate surface area is 143 Å². The van der Waals surface area contributed by atoms with Crippen molar-refractivity contribution in [3.8, 4) is 0 Å². The van der Waals surface area contributed by atoms with Crippen LogP contribution in [-0.2, 0) is 22.6 Å². The van der Waals surface area contributed by atoms with Gasteiger partial charge in [0, 0.05) is 24.9 Å². The minimum absolute atomic E-state index is 0.0156. The fourth-order valence-corrected chi connectivity index (χ4v) is 2.07. The van der Waals surface area contributed by atoms with Crippen LogP contribution in [0.25, 0.3) is 0 Å². The van der Waals surface area contributed by atoms with Crippen LogP contribution in [0.2, 0.25) is 0 Å². The first-order valence-corrected chi connectivity index (χ1v) is 7.31. The molecule has 0 aromatic heterocycles. The first-order chi connectivity index (χ1) is 11.9. The summed E-state index contributed by atoms with van der Waals surface area (Å²) in [6.07, 6.45) is -0.682. The van der Waals surface area contributed by atoms with E-state index in [1.54, 1.807) is 24.3 Å². The minimum atomic E-state index is -0.927. The van der Waals surface area contributed by atoms with Gasteiger partial charge in [0.2, 0.25) is 0 Å². The second-order valence-corrected chi connectivity index (χ2v) is 5.27. The molecule has 25 heavy (non-hydrogen) atoms. The molecule has 0 aliphatic heterocycles. The van der Waals surface area contributed by atoms with E-state index in [4.69, 9.17) is 9.84 Å². The van der Waals surface area contributed by atoms with Crippen molar-refractivity contribution in [2.24, 2.45) is 0 Å². The second kappa shape index (κ2) is 7.91. The lowest BCUT2D eigenvalue weighted by atomic mass is 10.1. The van der Waals surface area contributed by atoms with Crippen molar-refractivity contribution in [2.45, 2.75) is 13.0 Å². The van der Waals surface area contributed by atoms with Crippen LogP contribution in [0.5, 0.6) is 0 Å². The molecule has 0 heterocycles. The highest BCUT2D eigenvalue weighted by Gasteiger charge is 2.13. The summed E-state index contributed by atoms with van der Waals surface area (Å²) in [5.41, 5.74) is 1.78. The molecule has 1 N–H and O–H groups in total. The number of anilines is 1. The van der Waals surface area contributed by atoms with Crippen LogP contribution in [0.15, 0.2) is 48.5 Å². The van der Waals surface area contributed by atoms with Crippen molar-refractivity contribution in [2.75, 3.05) is 11.9 Å². The summed E-state index contributed by atoms with van der Waals surface area (Å²) in [7, 11) is 1.53. The van der Waals surface area contributed by atoms with Crippen LogP contribution in [0.4, 0.5) is 16.2 Å². The maximum Gasteiger partial charge on any atom is 0.414 e. The number of non-ortho nitro benzene ring substituents is 1. The van der Waals surface area contributed by atoms with Gasteiger partial charge in [0.1, 0.15) is 6.61 Å². The van der Waals surface area contributed by atoms with Crippen LogP contribution in [0, 0.1) is 10.1 Å². The number of hydrogen-bond acceptors (Lipinski definition) is 5. The average molecular weight is 344 g/mol. The van der Waals surface area contributed by atoms with Crippen molar-refractivity contribution >= 4 is 23.4 Å². The molecule has 8 nitrogen and oxygen atoms in total. The number of nitro groups is 1. The molecule has 0 spiro atoms. The Kier molecular flexibility index (Phi) is 5.67. The summed E-state index contributed by atoms with van der Waals surface area (Å²) < 4.78 is 5.16. The highest BCUT2D eigenvalue weighted by molar-refractivity contribution is 5.87. The summed E-state index contributed by atoms with van der Waals surface area (Å²) in [4.78, 5) is 34.1. The van der Waals surface area contributed by atoms with E-state index in [1.165, 1.54) is 36.2 Å². The zero-order valence-electron chi connectivity index (χ0n) is 13.4. The van der Waals surface area contributed by atoms with Gasteiger partial charge in [-0.3, -0.25) is 19.8 Å². The van der Waals surface area contributed by atoms with E-state index >= 15 is 0 Å². The first-order valence-electron chi connectivity index (χ1n) is 7.31. The Balaban J connectivity index is 1.93. The number of nitro benzene ring substituents is 1. The molecule has 130 valence electrons. The van der Waals surface area contributed by atoms with Crippen LogP contribution in [0.1, 0.15) is 11.1 Å². The molecule has 2 aromatic rings. The molecule has 1 amide bonds. The Morgan fingerprint density at radius 3 is 2.16 bits per heavy atom. The van der Waals surface area contributed by atoms with E-state index in [0.29, 0.717) is 16.8 Å². The second-order valence-electron chi connectivity index (χ2n) is 5.27. The zero-order valence-corrected chi connectivity index (χ0v) is 13.4. The lowest BCUT2D eigenvalue weighted by Gasteiger charge is -2.17. The lowest BCUT2D eigenvalue weighted by Crippen LogP contribution is -2.26. The van der Waals surface area contributed by atoms with E-state index in [1.807, 2.05) is 0 Å². The molecular formula is C17H16N2O6. The van der Waals surface area contributed by atoms with Crippen molar-refractivity contribution in [1.82, 2.24) is 0 Å². The first kappa shape index (κ1) is 17.9. The Hall–Kier alpha value is -3.42. The maximum atomic E-state index is 12.1. The lowest BCUT2D eigenvalue weighted by molar-refractivity contribution is -0.384. The molecule has 0 atom stereocenters. The Bertz CT molecular complexity index is 771. The predicted octanol–water partition coefficient (Wildman–Crippen LogP) is 2.99. The normalized spacial score (nSPS) is 10.1. The van der Waals surface area contributed by atoms with Gasteiger partial charge in [-0.15, -0.1) is 0 Å². The third-order valence-electron chi connectivity index (χ3n) is 3.46. The summed E-state index contributed by atoms with van der Waals surface area (Å²) in [5.74, 6) is -0.927. The average Bonchev–Trinajstić information content (AvgIpc) is 2.59. The fourth-order valence-electron chi connectivity index (χ4n) is 2.07.